The summed E-state index contributed by atoms with van der Waals surface area (Å²) in [5.74, 6) is 0.0324. The van der Waals surface area contributed by atoms with Gasteiger partial charge in [0.2, 0.25) is 0 Å². The van der Waals surface area contributed by atoms with Crippen molar-refractivity contribution in [2.45, 2.75) is 52.4 Å². The monoisotopic (exact) mass is 210 g/mol. The average Bonchev–Trinajstić information content (AvgIpc) is 2.16. The molecule has 0 unspecified atom stereocenters. The van der Waals surface area contributed by atoms with Crippen LogP contribution < -0.4 is 0 Å². The molecule has 0 aliphatic heterocycles. The zero-order valence-corrected chi connectivity index (χ0v) is 9.47. The van der Waals surface area contributed by atoms with Crippen LogP contribution in [0.15, 0.2) is 0 Å². The van der Waals surface area contributed by atoms with E-state index in [1.54, 1.807) is 0 Å². The molecule has 1 fully saturated rings. The highest BCUT2D eigenvalue weighted by atomic mass is 16.2. The van der Waals surface area contributed by atoms with E-state index in [1.807, 2.05) is 0 Å². The third-order valence-electron chi connectivity index (χ3n) is 3.37. The number of Topliss-reactive ketones (excluding diaryl/α,β-unsaturated/α-hetero) is 3. The minimum atomic E-state index is -0.829. The fourth-order valence-electron chi connectivity index (χ4n) is 2.29. The maximum absolute atomic E-state index is 11.8. The van der Waals surface area contributed by atoms with Gasteiger partial charge in [0, 0.05) is 12.8 Å². The van der Waals surface area contributed by atoms with Crippen LogP contribution in [-0.2, 0) is 14.4 Å². The van der Waals surface area contributed by atoms with Gasteiger partial charge in [-0.1, -0.05) is 6.42 Å². The Balaban J connectivity index is 2.81. The smallest absolute Gasteiger partial charge is 0.146 e. The van der Waals surface area contributed by atoms with Gasteiger partial charge in [0.05, 0.1) is 5.41 Å². The van der Waals surface area contributed by atoms with Crippen LogP contribution in [0.1, 0.15) is 52.4 Å². The van der Waals surface area contributed by atoms with E-state index >= 15 is 0 Å². The van der Waals surface area contributed by atoms with Crippen LogP contribution in [0, 0.1) is 5.41 Å². The van der Waals surface area contributed by atoms with Gasteiger partial charge in [0.15, 0.2) is 0 Å². The normalized spacial score (nSPS) is 26.4. The van der Waals surface area contributed by atoms with Crippen LogP contribution in [0.4, 0.5) is 0 Å². The molecule has 0 saturated heterocycles. The first-order valence-corrected chi connectivity index (χ1v) is 5.53. The lowest BCUT2D eigenvalue weighted by Gasteiger charge is -2.33. The molecule has 1 aliphatic rings. The van der Waals surface area contributed by atoms with Crippen molar-refractivity contribution >= 4 is 17.3 Å². The number of rotatable bonds is 4. The average molecular weight is 210 g/mol. The van der Waals surface area contributed by atoms with Crippen molar-refractivity contribution in [2.24, 2.45) is 5.41 Å². The lowest BCUT2D eigenvalue weighted by molar-refractivity contribution is -0.142. The Bertz CT molecular complexity index is 293. The maximum Gasteiger partial charge on any atom is 0.146 e. The maximum atomic E-state index is 11.8. The summed E-state index contributed by atoms with van der Waals surface area (Å²) in [7, 11) is 0. The predicted octanol–water partition coefficient (Wildman–Crippen LogP) is 2.07. The third kappa shape index (κ3) is 2.52. The molecule has 0 N–H and O–H groups in total. The molecule has 0 radical (unpaired) electrons. The minimum Gasteiger partial charge on any atom is -0.300 e. The summed E-state index contributed by atoms with van der Waals surface area (Å²) in [5, 5.41) is 0. The van der Waals surface area contributed by atoms with Gasteiger partial charge in [-0.25, -0.2) is 0 Å². The van der Waals surface area contributed by atoms with E-state index < -0.39 is 5.41 Å². The molecule has 0 aromatic rings. The van der Waals surface area contributed by atoms with Crippen molar-refractivity contribution in [3.63, 3.8) is 0 Å². The molecule has 3 heteroatoms. The second-order valence-corrected chi connectivity index (χ2v) is 4.47. The Kier molecular flexibility index (Phi) is 3.77. The minimum absolute atomic E-state index is 0.0440. The van der Waals surface area contributed by atoms with E-state index in [-0.39, 0.29) is 17.3 Å². The van der Waals surface area contributed by atoms with Gasteiger partial charge in [-0.2, -0.15) is 0 Å². The molecule has 1 rings (SSSR count). The van der Waals surface area contributed by atoms with Gasteiger partial charge < -0.3 is 4.79 Å². The van der Waals surface area contributed by atoms with Crippen molar-refractivity contribution in [3.05, 3.63) is 0 Å². The van der Waals surface area contributed by atoms with Crippen molar-refractivity contribution < 1.29 is 14.4 Å². The summed E-state index contributed by atoms with van der Waals surface area (Å²) in [5.41, 5.74) is -0.829. The summed E-state index contributed by atoms with van der Waals surface area (Å²) in [6, 6.07) is 0. The van der Waals surface area contributed by atoms with E-state index in [9.17, 15) is 14.4 Å². The number of ketones is 3. The Labute approximate surface area is 90.2 Å². The van der Waals surface area contributed by atoms with Gasteiger partial charge in [-0.15, -0.1) is 0 Å². The Morgan fingerprint density at radius 1 is 1.27 bits per heavy atom. The Hall–Kier alpha value is -0.990. The number of carbonyl (C=O) groups excluding carboxylic acids is 3. The van der Waals surface area contributed by atoms with Crippen molar-refractivity contribution in [3.8, 4) is 0 Å². The van der Waals surface area contributed by atoms with Crippen molar-refractivity contribution in [1.29, 1.82) is 0 Å². The molecule has 0 bridgehead atoms. The summed E-state index contributed by atoms with van der Waals surface area (Å²) in [6.45, 7) is 2.98. The Morgan fingerprint density at radius 3 is 2.40 bits per heavy atom. The molecule has 0 spiro atoms. The van der Waals surface area contributed by atoms with Crippen molar-refractivity contribution in [2.75, 3.05) is 0 Å². The first kappa shape index (κ1) is 12.1. The highest BCUT2D eigenvalue weighted by Crippen LogP contribution is 2.38. The van der Waals surface area contributed by atoms with E-state index in [0.717, 1.165) is 12.8 Å². The first-order valence-electron chi connectivity index (χ1n) is 5.53. The van der Waals surface area contributed by atoms with Gasteiger partial charge in [0.25, 0.3) is 0 Å². The summed E-state index contributed by atoms with van der Waals surface area (Å²) >= 11 is 0. The molecule has 0 aromatic heterocycles. The highest BCUT2D eigenvalue weighted by Gasteiger charge is 2.43. The molecular formula is C12H18O3. The third-order valence-corrected chi connectivity index (χ3v) is 3.37. The van der Waals surface area contributed by atoms with Gasteiger partial charge >= 0.3 is 0 Å². The van der Waals surface area contributed by atoms with E-state index in [1.165, 1.54) is 13.8 Å². The Morgan fingerprint density at radius 2 is 1.93 bits per heavy atom. The van der Waals surface area contributed by atoms with Crippen LogP contribution in [0.2, 0.25) is 0 Å². The summed E-state index contributed by atoms with van der Waals surface area (Å²) < 4.78 is 0. The number of hydrogen-bond acceptors (Lipinski definition) is 3. The molecule has 0 aromatic carbocycles. The van der Waals surface area contributed by atoms with Crippen LogP contribution in [-0.4, -0.2) is 17.3 Å². The quantitative estimate of drug-likeness (QED) is 0.667. The molecule has 84 valence electrons. The van der Waals surface area contributed by atoms with Crippen LogP contribution in [0.3, 0.4) is 0 Å². The number of carbonyl (C=O) groups is 3. The standard InChI is InChI=1S/C12H18O3/c1-9(13)6-8-12(10(2)14)7-4-3-5-11(12)15/h3-8H2,1-2H3/t12-/m0/s1. The molecule has 1 saturated carbocycles. The fourth-order valence-corrected chi connectivity index (χ4v) is 2.29. The SMILES string of the molecule is CC(=O)CC[C@]1(C(C)=O)CCCCC1=O. The van der Waals surface area contributed by atoms with Gasteiger partial charge in [-0.05, 0) is 33.1 Å². The number of hydrogen-bond donors (Lipinski definition) is 0. The summed E-state index contributed by atoms with van der Waals surface area (Å²) in [4.78, 5) is 34.4. The zero-order chi connectivity index (χ0) is 11.5. The molecule has 0 amide bonds. The van der Waals surface area contributed by atoms with E-state index in [2.05, 4.69) is 0 Å². The van der Waals surface area contributed by atoms with Crippen LogP contribution in [0.5, 0.6) is 0 Å². The van der Waals surface area contributed by atoms with E-state index in [4.69, 9.17) is 0 Å². The molecule has 15 heavy (non-hydrogen) atoms. The zero-order valence-electron chi connectivity index (χ0n) is 9.47. The fraction of sp³-hybridized carbons (Fsp3) is 0.750. The molecule has 0 heterocycles. The second-order valence-electron chi connectivity index (χ2n) is 4.47. The van der Waals surface area contributed by atoms with Gasteiger partial charge in [0.1, 0.15) is 17.3 Å². The first-order chi connectivity index (χ1) is 6.99. The lowest BCUT2D eigenvalue weighted by Crippen LogP contribution is -2.40. The second kappa shape index (κ2) is 4.69. The topological polar surface area (TPSA) is 51.2 Å². The highest BCUT2D eigenvalue weighted by molar-refractivity contribution is 6.06. The van der Waals surface area contributed by atoms with E-state index in [0.29, 0.717) is 25.7 Å². The lowest BCUT2D eigenvalue weighted by atomic mass is 9.67. The predicted molar refractivity (Wildman–Crippen MR) is 56.5 cm³/mol. The molecular weight excluding hydrogens is 192 g/mol. The van der Waals surface area contributed by atoms with Gasteiger partial charge in [-0.3, -0.25) is 9.59 Å². The van der Waals surface area contributed by atoms with Crippen LogP contribution >= 0.6 is 0 Å². The van der Waals surface area contributed by atoms with Crippen LogP contribution in [0.25, 0.3) is 0 Å². The summed E-state index contributed by atoms with van der Waals surface area (Å²) in [6.07, 6.45) is 3.69. The molecule has 1 atom stereocenters. The molecule has 3 nitrogen and oxygen atoms in total. The van der Waals surface area contributed by atoms with Crippen molar-refractivity contribution in [1.82, 2.24) is 0 Å². The molecule has 1 aliphatic carbocycles. The largest absolute Gasteiger partial charge is 0.300 e.